The van der Waals surface area contributed by atoms with Crippen molar-refractivity contribution in [1.82, 2.24) is 25.6 Å². The number of hydrogen-bond donors (Lipinski definition) is 2. The molecule has 1 saturated heterocycles. The van der Waals surface area contributed by atoms with E-state index in [-0.39, 0.29) is 18.4 Å². The molecule has 1 aromatic carbocycles. The number of carbonyl (C=O) groups is 3. The zero-order chi connectivity index (χ0) is 32.4. The number of esters is 1. The Hall–Kier alpha value is -5.00. The Balaban J connectivity index is 1.27. The van der Waals surface area contributed by atoms with Gasteiger partial charge in [-0.15, -0.1) is 0 Å². The van der Waals surface area contributed by atoms with Crippen molar-refractivity contribution in [3.05, 3.63) is 71.7 Å². The van der Waals surface area contributed by atoms with Gasteiger partial charge in [0.15, 0.2) is 0 Å². The number of carbonyl (C=O) groups excluding carboxylic acids is 3. The van der Waals surface area contributed by atoms with E-state index in [2.05, 4.69) is 35.4 Å². The highest BCUT2D eigenvalue weighted by Gasteiger charge is 2.21. The third-order valence-corrected chi connectivity index (χ3v) is 6.81. The maximum atomic E-state index is 12.2. The molecule has 12 heteroatoms. The van der Waals surface area contributed by atoms with Gasteiger partial charge in [0.05, 0.1) is 6.61 Å². The van der Waals surface area contributed by atoms with E-state index in [9.17, 15) is 14.4 Å². The summed E-state index contributed by atoms with van der Waals surface area (Å²) in [6.07, 6.45) is 7.88. The lowest BCUT2D eigenvalue weighted by Gasteiger charge is -2.36. The number of ether oxygens (including phenoxy) is 2. The van der Waals surface area contributed by atoms with Crippen LogP contribution in [-0.4, -0.2) is 77.9 Å². The van der Waals surface area contributed by atoms with E-state index in [0.717, 1.165) is 59.8 Å². The van der Waals surface area contributed by atoms with Gasteiger partial charge in [0.1, 0.15) is 18.0 Å². The van der Waals surface area contributed by atoms with E-state index in [1.165, 1.54) is 6.08 Å². The first kappa shape index (κ1) is 32.9. The molecule has 0 radical (unpaired) electrons. The molecule has 4 rings (SSSR count). The van der Waals surface area contributed by atoms with Crippen molar-refractivity contribution in [2.45, 2.75) is 46.8 Å². The standard InChI is InChI=1S/C33H41N7O5/c1-6-44-29(42)11-10-25-16-23(2)30(35-19-25)39-12-14-40(15-13-39)31-36-20-27(21-37-31)26-9-7-8-24(17-26)18-34-28(41)22-38-32(43)45-33(3,4)5/h7-11,16-17,19-21H,6,12-15,18,22H2,1-5H3,(H,34,41)(H,38,43)/b11-10+. The Labute approximate surface area is 263 Å². The highest BCUT2D eigenvalue weighted by molar-refractivity contribution is 5.87. The number of rotatable bonds is 10. The van der Waals surface area contributed by atoms with E-state index in [4.69, 9.17) is 9.47 Å². The summed E-state index contributed by atoms with van der Waals surface area (Å²) in [6.45, 7) is 12.6. The molecule has 238 valence electrons. The quantitative estimate of drug-likeness (QED) is 0.255. The van der Waals surface area contributed by atoms with Crippen LogP contribution in [0.3, 0.4) is 0 Å². The topological polar surface area (TPSA) is 139 Å². The molecule has 1 aliphatic rings. The third-order valence-electron chi connectivity index (χ3n) is 6.81. The zero-order valence-corrected chi connectivity index (χ0v) is 26.5. The number of benzene rings is 1. The van der Waals surface area contributed by atoms with Crippen LogP contribution in [0, 0.1) is 6.92 Å². The summed E-state index contributed by atoms with van der Waals surface area (Å²) in [5, 5.41) is 5.26. The number of alkyl carbamates (subject to hydrolysis) is 1. The SMILES string of the molecule is CCOC(=O)/C=C/c1cnc(N2CCN(c3ncc(-c4cccc(CNC(=O)CNC(=O)OC(C)(C)C)c4)cn3)CC2)c(C)c1. The number of anilines is 2. The average Bonchev–Trinajstić information content (AvgIpc) is 3.01. The Kier molecular flexibility index (Phi) is 11.1. The lowest BCUT2D eigenvalue weighted by atomic mass is 10.1. The van der Waals surface area contributed by atoms with Gasteiger partial charge in [0.25, 0.3) is 0 Å². The van der Waals surface area contributed by atoms with E-state index < -0.39 is 11.7 Å². The molecule has 0 bridgehead atoms. The molecule has 0 atom stereocenters. The van der Waals surface area contributed by atoms with Gasteiger partial charge in [-0.3, -0.25) is 4.79 Å². The normalized spacial score (nSPS) is 13.4. The van der Waals surface area contributed by atoms with Crippen molar-refractivity contribution in [3.63, 3.8) is 0 Å². The lowest BCUT2D eigenvalue weighted by Crippen LogP contribution is -2.47. The first-order chi connectivity index (χ1) is 21.5. The van der Waals surface area contributed by atoms with Crippen LogP contribution in [-0.2, 0) is 25.6 Å². The van der Waals surface area contributed by atoms with Crippen molar-refractivity contribution >= 4 is 35.8 Å². The van der Waals surface area contributed by atoms with Crippen LogP contribution in [0.4, 0.5) is 16.6 Å². The van der Waals surface area contributed by atoms with Crippen LogP contribution >= 0.6 is 0 Å². The third kappa shape index (κ3) is 10.0. The fourth-order valence-corrected chi connectivity index (χ4v) is 4.71. The minimum absolute atomic E-state index is 0.170. The van der Waals surface area contributed by atoms with Gasteiger partial charge < -0.3 is 29.9 Å². The average molecular weight is 616 g/mol. The van der Waals surface area contributed by atoms with Crippen LogP contribution in [0.2, 0.25) is 0 Å². The molecule has 1 aliphatic heterocycles. The highest BCUT2D eigenvalue weighted by atomic mass is 16.6. The van der Waals surface area contributed by atoms with Crippen molar-refractivity contribution in [2.24, 2.45) is 0 Å². The minimum atomic E-state index is -0.634. The molecule has 2 amide bonds. The summed E-state index contributed by atoms with van der Waals surface area (Å²) in [5.74, 6) is 0.913. The second kappa shape index (κ2) is 15.1. The number of piperazine rings is 1. The molecule has 2 aromatic heterocycles. The molecule has 3 aromatic rings. The molecular weight excluding hydrogens is 574 g/mol. The van der Waals surface area contributed by atoms with Gasteiger partial charge >= 0.3 is 12.1 Å². The van der Waals surface area contributed by atoms with E-state index in [1.54, 1.807) is 40.0 Å². The molecule has 3 heterocycles. The van der Waals surface area contributed by atoms with Gasteiger partial charge in [0, 0.05) is 63.0 Å². The molecule has 2 N–H and O–H groups in total. The zero-order valence-electron chi connectivity index (χ0n) is 26.5. The van der Waals surface area contributed by atoms with E-state index in [1.807, 2.05) is 49.6 Å². The fourth-order valence-electron chi connectivity index (χ4n) is 4.71. The van der Waals surface area contributed by atoms with Crippen molar-refractivity contribution in [2.75, 3.05) is 49.1 Å². The van der Waals surface area contributed by atoms with Crippen LogP contribution in [0.25, 0.3) is 17.2 Å². The first-order valence-electron chi connectivity index (χ1n) is 15.0. The lowest BCUT2D eigenvalue weighted by molar-refractivity contribution is -0.137. The monoisotopic (exact) mass is 615 g/mol. The molecule has 0 saturated carbocycles. The fraction of sp³-hybridized carbons (Fsp3) is 0.394. The van der Waals surface area contributed by atoms with Gasteiger partial charge in [0.2, 0.25) is 11.9 Å². The van der Waals surface area contributed by atoms with Gasteiger partial charge in [-0.1, -0.05) is 18.2 Å². The molecule has 0 aliphatic carbocycles. The van der Waals surface area contributed by atoms with Crippen molar-refractivity contribution in [1.29, 1.82) is 0 Å². The Morgan fingerprint density at radius 3 is 2.31 bits per heavy atom. The maximum Gasteiger partial charge on any atom is 0.408 e. The summed E-state index contributed by atoms with van der Waals surface area (Å²) >= 11 is 0. The van der Waals surface area contributed by atoms with Gasteiger partial charge in [-0.05, 0) is 75.1 Å². The number of aromatic nitrogens is 3. The summed E-state index contributed by atoms with van der Waals surface area (Å²) in [5.41, 5.74) is 3.97. The van der Waals surface area contributed by atoms with Crippen LogP contribution in [0.5, 0.6) is 0 Å². The van der Waals surface area contributed by atoms with Crippen LogP contribution in [0.15, 0.2) is 55.0 Å². The Morgan fingerprint density at radius 1 is 0.933 bits per heavy atom. The summed E-state index contributed by atoms with van der Waals surface area (Å²) in [7, 11) is 0. The van der Waals surface area contributed by atoms with Crippen molar-refractivity contribution < 1.29 is 23.9 Å². The molecule has 1 fully saturated rings. The Bertz CT molecular complexity index is 1510. The number of hydrogen-bond acceptors (Lipinski definition) is 10. The largest absolute Gasteiger partial charge is 0.463 e. The van der Waals surface area contributed by atoms with E-state index in [0.29, 0.717) is 19.1 Å². The summed E-state index contributed by atoms with van der Waals surface area (Å²) < 4.78 is 10.1. The van der Waals surface area contributed by atoms with Gasteiger partial charge in [-0.2, -0.15) is 0 Å². The smallest absolute Gasteiger partial charge is 0.408 e. The summed E-state index contributed by atoms with van der Waals surface area (Å²) in [4.78, 5) is 53.9. The van der Waals surface area contributed by atoms with Crippen LogP contribution in [0.1, 0.15) is 44.4 Å². The second-order valence-corrected chi connectivity index (χ2v) is 11.6. The summed E-state index contributed by atoms with van der Waals surface area (Å²) in [6, 6.07) is 9.80. The predicted octanol–water partition coefficient (Wildman–Crippen LogP) is 3.89. The number of amides is 2. The number of pyridine rings is 1. The number of nitrogens with zero attached hydrogens (tertiary/aromatic N) is 5. The highest BCUT2D eigenvalue weighted by Crippen LogP contribution is 2.23. The van der Waals surface area contributed by atoms with Gasteiger partial charge in [-0.25, -0.2) is 24.5 Å². The molecule has 12 nitrogen and oxygen atoms in total. The predicted molar refractivity (Wildman–Crippen MR) is 173 cm³/mol. The maximum absolute atomic E-state index is 12.2. The minimum Gasteiger partial charge on any atom is -0.463 e. The number of aryl methyl sites for hydroxylation is 1. The van der Waals surface area contributed by atoms with E-state index >= 15 is 0 Å². The Morgan fingerprint density at radius 2 is 1.64 bits per heavy atom. The van der Waals surface area contributed by atoms with Crippen LogP contribution < -0.4 is 20.4 Å². The molecule has 0 unspecified atom stereocenters. The molecular formula is C33H41N7O5. The number of nitrogens with one attached hydrogen (secondary N) is 2. The van der Waals surface area contributed by atoms with Crippen molar-refractivity contribution in [3.8, 4) is 11.1 Å². The second-order valence-electron chi connectivity index (χ2n) is 11.6. The molecule has 0 spiro atoms. The first-order valence-corrected chi connectivity index (χ1v) is 15.0. The molecule has 45 heavy (non-hydrogen) atoms.